The van der Waals surface area contributed by atoms with Gasteiger partial charge in [-0.2, -0.15) is 0 Å². The van der Waals surface area contributed by atoms with Crippen LogP contribution in [0.5, 0.6) is 0 Å². The summed E-state index contributed by atoms with van der Waals surface area (Å²) in [6.45, 7) is 1.04. The average molecular weight is 385 g/mol. The van der Waals surface area contributed by atoms with Crippen molar-refractivity contribution in [2.75, 3.05) is 19.8 Å². The van der Waals surface area contributed by atoms with Crippen molar-refractivity contribution in [3.05, 3.63) is 19.2 Å². The summed E-state index contributed by atoms with van der Waals surface area (Å²) < 4.78 is 6.77. The SMILES string of the molecule is O=C(NCC1(O)CCOC1)c1cc(Br)sc1Br. The normalized spacial score (nSPS) is 23.9. The Morgan fingerprint density at radius 2 is 2.41 bits per heavy atom. The van der Waals surface area contributed by atoms with Gasteiger partial charge in [-0.1, -0.05) is 0 Å². The van der Waals surface area contributed by atoms with Gasteiger partial charge in [0.15, 0.2) is 0 Å². The number of carbonyl (C=O) groups is 1. The van der Waals surface area contributed by atoms with Gasteiger partial charge in [0, 0.05) is 19.6 Å². The van der Waals surface area contributed by atoms with Crippen LogP contribution in [0.2, 0.25) is 0 Å². The fraction of sp³-hybridized carbons (Fsp3) is 0.500. The number of halogens is 2. The molecule has 0 spiro atoms. The monoisotopic (exact) mass is 383 g/mol. The standard InChI is InChI=1S/C10H11Br2NO3S/c11-7-3-6(8(12)17-7)9(14)13-4-10(15)1-2-16-5-10/h3,15H,1-2,4-5H2,(H,13,14). The van der Waals surface area contributed by atoms with Crippen LogP contribution in [0.25, 0.3) is 0 Å². The van der Waals surface area contributed by atoms with Crippen molar-refractivity contribution >= 4 is 49.1 Å². The molecule has 94 valence electrons. The van der Waals surface area contributed by atoms with Crippen molar-refractivity contribution in [2.24, 2.45) is 0 Å². The maximum atomic E-state index is 11.9. The van der Waals surface area contributed by atoms with Gasteiger partial charge in [0.25, 0.3) is 5.91 Å². The third-order valence-electron chi connectivity index (χ3n) is 2.56. The predicted octanol–water partition coefficient (Wildman–Crippen LogP) is 2.15. The second-order valence-electron chi connectivity index (χ2n) is 3.95. The van der Waals surface area contributed by atoms with Crippen LogP contribution < -0.4 is 5.32 Å². The molecule has 1 atom stereocenters. The molecule has 0 aliphatic carbocycles. The number of nitrogens with one attached hydrogen (secondary N) is 1. The molecule has 1 aliphatic rings. The first kappa shape index (κ1) is 13.5. The lowest BCUT2D eigenvalue weighted by molar-refractivity contribution is 0.0264. The Bertz CT molecular complexity index is 429. The second kappa shape index (κ2) is 5.36. The van der Waals surface area contributed by atoms with Gasteiger partial charge in [-0.3, -0.25) is 4.79 Å². The smallest absolute Gasteiger partial charge is 0.253 e. The summed E-state index contributed by atoms with van der Waals surface area (Å²) in [7, 11) is 0. The lowest BCUT2D eigenvalue weighted by Crippen LogP contribution is -2.43. The van der Waals surface area contributed by atoms with E-state index in [0.29, 0.717) is 18.6 Å². The summed E-state index contributed by atoms with van der Waals surface area (Å²) in [5.41, 5.74) is -0.348. The predicted molar refractivity (Wildman–Crippen MR) is 72.4 cm³/mol. The van der Waals surface area contributed by atoms with Gasteiger partial charge in [0.1, 0.15) is 5.60 Å². The third kappa shape index (κ3) is 3.29. The van der Waals surface area contributed by atoms with Crippen molar-refractivity contribution in [3.8, 4) is 0 Å². The highest BCUT2D eigenvalue weighted by atomic mass is 79.9. The Hall–Kier alpha value is 0.0500. The topological polar surface area (TPSA) is 58.6 Å². The summed E-state index contributed by atoms with van der Waals surface area (Å²) in [6.07, 6.45) is 0.557. The molecule has 2 heterocycles. The van der Waals surface area contributed by atoms with Crippen LogP contribution in [-0.4, -0.2) is 36.4 Å². The second-order valence-corrected chi connectivity index (χ2v) is 7.70. The minimum atomic E-state index is -0.921. The number of rotatable bonds is 3. The number of carbonyl (C=O) groups excluding carboxylic acids is 1. The van der Waals surface area contributed by atoms with E-state index in [2.05, 4.69) is 37.2 Å². The lowest BCUT2D eigenvalue weighted by atomic mass is 10.0. The van der Waals surface area contributed by atoms with Crippen molar-refractivity contribution < 1.29 is 14.6 Å². The molecular formula is C10H11Br2NO3S. The summed E-state index contributed by atoms with van der Waals surface area (Å²) in [6, 6.07) is 1.75. The number of hydrogen-bond acceptors (Lipinski definition) is 4. The summed E-state index contributed by atoms with van der Waals surface area (Å²) >= 11 is 8.08. The highest BCUT2D eigenvalue weighted by Crippen LogP contribution is 2.31. The molecule has 1 fully saturated rings. The van der Waals surface area contributed by atoms with E-state index in [0.717, 1.165) is 7.57 Å². The van der Waals surface area contributed by atoms with E-state index in [1.165, 1.54) is 11.3 Å². The first-order chi connectivity index (χ1) is 8.00. The number of ether oxygens (including phenoxy) is 1. The van der Waals surface area contributed by atoms with Gasteiger partial charge >= 0.3 is 0 Å². The molecule has 1 amide bonds. The lowest BCUT2D eigenvalue weighted by Gasteiger charge is -2.20. The van der Waals surface area contributed by atoms with Crippen LogP contribution >= 0.6 is 43.2 Å². The van der Waals surface area contributed by atoms with E-state index in [9.17, 15) is 9.90 Å². The van der Waals surface area contributed by atoms with Gasteiger partial charge in [0.05, 0.1) is 19.7 Å². The Balaban J connectivity index is 1.95. The Morgan fingerprint density at radius 1 is 1.65 bits per heavy atom. The van der Waals surface area contributed by atoms with Gasteiger partial charge in [-0.05, 0) is 37.9 Å². The minimum Gasteiger partial charge on any atom is -0.386 e. The maximum Gasteiger partial charge on any atom is 0.253 e. The Morgan fingerprint density at radius 3 is 2.94 bits per heavy atom. The molecule has 2 rings (SSSR count). The zero-order valence-corrected chi connectivity index (χ0v) is 12.8. The zero-order valence-electron chi connectivity index (χ0n) is 8.83. The molecule has 1 aliphatic heterocycles. The fourth-order valence-corrected chi connectivity index (χ4v) is 4.36. The van der Waals surface area contributed by atoms with Crippen molar-refractivity contribution in [1.82, 2.24) is 5.32 Å². The van der Waals surface area contributed by atoms with Crippen molar-refractivity contribution in [3.63, 3.8) is 0 Å². The molecule has 0 aromatic carbocycles. The molecule has 4 nitrogen and oxygen atoms in total. The van der Waals surface area contributed by atoms with Crippen LogP contribution in [0.1, 0.15) is 16.8 Å². The average Bonchev–Trinajstić information content (AvgIpc) is 2.83. The number of amides is 1. The molecular weight excluding hydrogens is 374 g/mol. The largest absolute Gasteiger partial charge is 0.386 e. The molecule has 1 aromatic heterocycles. The Kier molecular flexibility index (Phi) is 4.25. The first-order valence-electron chi connectivity index (χ1n) is 5.03. The number of hydrogen-bond donors (Lipinski definition) is 2. The molecule has 1 unspecified atom stereocenters. The van der Waals surface area contributed by atoms with E-state index in [-0.39, 0.29) is 19.1 Å². The Labute approximate surface area is 120 Å². The maximum absolute atomic E-state index is 11.9. The van der Waals surface area contributed by atoms with Crippen molar-refractivity contribution in [2.45, 2.75) is 12.0 Å². The van der Waals surface area contributed by atoms with Crippen LogP contribution in [-0.2, 0) is 4.74 Å². The highest BCUT2D eigenvalue weighted by Gasteiger charge is 2.32. The number of thiophene rings is 1. The molecule has 0 radical (unpaired) electrons. The van der Waals surface area contributed by atoms with Gasteiger partial charge in [-0.15, -0.1) is 11.3 Å². The highest BCUT2D eigenvalue weighted by molar-refractivity contribution is 9.12. The molecule has 1 aromatic rings. The van der Waals surface area contributed by atoms with Crippen LogP contribution in [0.4, 0.5) is 0 Å². The van der Waals surface area contributed by atoms with Crippen LogP contribution in [0.3, 0.4) is 0 Å². The van der Waals surface area contributed by atoms with Gasteiger partial charge < -0.3 is 15.2 Å². The van der Waals surface area contributed by atoms with E-state index >= 15 is 0 Å². The van der Waals surface area contributed by atoms with E-state index < -0.39 is 5.60 Å². The zero-order chi connectivity index (χ0) is 12.5. The van der Waals surface area contributed by atoms with E-state index in [1.54, 1.807) is 6.07 Å². The summed E-state index contributed by atoms with van der Waals surface area (Å²) in [5.74, 6) is -0.195. The summed E-state index contributed by atoms with van der Waals surface area (Å²) in [5, 5.41) is 12.7. The molecule has 0 bridgehead atoms. The van der Waals surface area contributed by atoms with Gasteiger partial charge in [0.2, 0.25) is 0 Å². The fourth-order valence-electron chi connectivity index (χ4n) is 1.57. The summed E-state index contributed by atoms with van der Waals surface area (Å²) in [4.78, 5) is 11.9. The minimum absolute atomic E-state index is 0.195. The van der Waals surface area contributed by atoms with Crippen molar-refractivity contribution in [1.29, 1.82) is 0 Å². The first-order valence-corrected chi connectivity index (χ1v) is 7.44. The van der Waals surface area contributed by atoms with Gasteiger partial charge in [-0.25, -0.2) is 0 Å². The van der Waals surface area contributed by atoms with E-state index in [4.69, 9.17) is 4.74 Å². The third-order valence-corrected chi connectivity index (χ3v) is 4.90. The molecule has 0 saturated carbocycles. The number of aliphatic hydroxyl groups is 1. The molecule has 2 N–H and O–H groups in total. The van der Waals surface area contributed by atoms with Crippen LogP contribution in [0.15, 0.2) is 13.6 Å². The molecule has 17 heavy (non-hydrogen) atoms. The molecule has 7 heteroatoms. The van der Waals surface area contributed by atoms with Crippen LogP contribution in [0, 0.1) is 0 Å². The quantitative estimate of drug-likeness (QED) is 0.839. The molecule has 1 saturated heterocycles. The van der Waals surface area contributed by atoms with E-state index in [1.807, 2.05) is 0 Å².